The molecule has 1 heterocycles. The summed E-state index contributed by atoms with van der Waals surface area (Å²) in [4.78, 5) is 13.8. The van der Waals surface area contributed by atoms with Crippen LogP contribution in [0.1, 0.15) is 16.8 Å². The van der Waals surface area contributed by atoms with Crippen molar-refractivity contribution in [1.82, 2.24) is 4.98 Å². The predicted molar refractivity (Wildman–Crippen MR) is 101 cm³/mol. The number of fused-ring (bicyclic) bond motifs is 2. The first-order valence-electron chi connectivity index (χ1n) is 8.10. The molecule has 0 amide bonds. The molecule has 122 valence electrons. The molecule has 0 aliphatic carbocycles. The van der Waals surface area contributed by atoms with E-state index in [4.69, 9.17) is 0 Å². The molecule has 0 saturated carbocycles. The van der Waals surface area contributed by atoms with Gasteiger partial charge in [0.1, 0.15) is 0 Å². The van der Waals surface area contributed by atoms with Gasteiger partial charge in [0.2, 0.25) is 6.20 Å². The first kappa shape index (κ1) is 15.1. The Hall–Kier alpha value is -3.40. The normalized spacial score (nSPS) is 11.5. The Morgan fingerprint density at radius 3 is 2.48 bits per heavy atom. The molecule has 0 atom stereocenters. The molecule has 4 nitrogen and oxygen atoms in total. The average Bonchev–Trinajstić information content (AvgIpc) is 2.97. The third-order valence-electron chi connectivity index (χ3n) is 4.44. The van der Waals surface area contributed by atoms with Crippen molar-refractivity contribution in [2.45, 2.75) is 6.42 Å². The molecular weight excluding hydrogens is 312 g/mol. The zero-order valence-electron chi connectivity index (χ0n) is 13.5. The summed E-state index contributed by atoms with van der Waals surface area (Å²) in [5.74, 6) is 0. The van der Waals surface area contributed by atoms with Crippen molar-refractivity contribution in [1.29, 1.82) is 0 Å². The van der Waals surface area contributed by atoms with Crippen molar-refractivity contribution in [2.24, 2.45) is 0 Å². The van der Waals surface area contributed by atoms with Crippen LogP contribution in [0.4, 0.5) is 0 Å². The third-order valence-corrected chi connectivity index (χ3v) is 4.44. The lowest BCUT2D eigenvalue weighted by Crippen LogP contribution is -1.93. The number of nitro groups is 1. The molecule has 0 fully saturated rings. The maximum Gasteiger partial charge on any atom is 0.235 e. The smallest absolute Gasteiger partial charge is 0.235 e. The fraction of sp³-hybridized carbons (Fsp3) is 0.0476. The van der Waals surface area contributed by atoms with Crippen molar-refractivity contribution >= 4 is 27.8 Å². The highest BCUT2D eigenvalue weighted by Crippen LogP contribution is 2.28. The molecule has 4 rings (SSSR count). The molecule has 0 aliphatic rings. The van der Waals surface area contributed by atoms with Gasteiger partial charge in [0, 0.05) is 34.7 Å². The largest absolute Gasteiger partial charge is 0.358 e. The second-order valence-electron chi connectivity index (χ2n) is 5.98. The van der Waals surface area contributed by atoms with Crippen LogP contribution in [0.2, 0.25) is 0 Å². The summed E-state index contributed by atoms with van der Waals surface area (Å²) in [6.45, 7) is 0. The van der Waals surface area contributed by atoms with Gasteiger partial charge in [0.25, 0.3) is 0 Å². The molecule has 25 heavy (non-hydrogen) atoms. The van der Waals surface area contributed by atoms with E-state index in [0.717, 1.165) is 28.4 Å². The SMILES string of the molecule is O=[N+]([O-])C=Cc1c(Cc2cccc3ccccc23)[nH]c2ccccc12. The fourth-order valence-electron chi connectivity index (χ4n) is 3.32. The summed E-state index contributed by atoms with van der Waals surface area (Å²) in [5.41, 5.74) is 4.04. The van der Waals surface area contributed by atoms with Crippen LogP contribution in [0.5, 0.6) is 0 Å². The van der Waals surface area contributed by atoms with Gasteiger partial charge in [-0.3, -0.25) is 10.1 Å². The lowest BCUT2D eigenvalue weighted by atomic mass is 9.99. The standard InChI is InChI=1S/C21H16N2O2/c24-23(25)13-12-19-18-10-3-4-11-20(18)22-21(19)14-16-8-5-7-15-6-1-2-9-17(15)16/h1-13,22H,14H2. The second-order valence-corrected chi connectivity index (χ2v) is 5.98. The minimum atomic E-state index is -0.427. The first-order valence-corrected chi connectivity index (χ1v) is 8.10. The van der Waals surface area contributed by atoms with Crippen LogP contribution in [0, 0.1) is 10.1 Å². The molecule has 0 bridgehead atoms. The summed E-state index contributed by atoms with van der Waals surface area (Å²) >= 11 is 0. The van der Waals surface area contributed by atoms with Crippen molar-refractivity contribution in [3.05, 3.63) is 99.9 Å². The molecule has 4 heteroatoms. The second kappa shape index (κ2) is 6.24. The number of benzene rings is 3. The Kier molecular flexibility index (Phi) is 3.78. The van der Waals surface area contributed by atoms with Gasteiger partial charge in [0.05, 0.1) is 4.92 Å². The number of hydrogen-bond donors (Lipinski definition) is 1. The van der Waals surface area contributed by atoms with E-state index < -0.39 is 4.92 Å². The van der Waals surface area contributed by atoms with Gasteiger partial charge >= 0.3 is 0 Å². The summed E-state index contributed by atoms with van der Waals surface area (Å²) in [6.07, 6.45) is 3.27. The molecule has 0 aliphatic heterocycles. The van der Waals surface area contributed by atoms with E-state index >= 15 is 0 Å². The maximum absolute atomic E-state index is 10.8. The summed E-state index contributed by atoms with van der Waals surface area (Å²) in [7, 11) is 0. The molecule has 0 saturated heterocycles. The maximum atomic E-state index is 10.8. The van der Waals surface area contributed by atoms with Gasteiger partial charge in [0.15, 0.2) is 0 Å². The lowest BCUT2D eigenvalue weighted by Gasteiger charge is -2.06. The van der Waals surface area contributed by atoms with Crippen LogP contribution in [0.25, 0.3) is 27.8 Å². The van der Waals surface area contributed by atoms with Gasteiger partial charge in [-0.15, -0.1) is 0 Å². The van der Waals surface area contributed by atoms with Crippen LogP contribution < -0.4 is 0 Å². The van der Waals surface area contributed by atoms with Gasteiger partial charge in [-0.05, 0) is 22.4 Å². The molecule has 0 radical (unpaired) electrons. The highest BCUT2D eigenvalue weighted by molar-refractivity contribution is 5.91. The monoisotopic (exact) mass is 328 g/mol. The van der Waals surface area contributed by atoms with E-state index in [1.165, 1.54) is 16.3 Å². The van der Waals surface area contributed by atoms with Gasteiger partial charge in [-0.2, -0.15) is 0 Å². The van der Waals surface area contributed by atoms with Crippen molar-refractivity contribution in [2.75, 3.05) is 0 Å². The van der Waals surface area contributed by atoms with Crippen molar-refractivity contribution < 1.29 is 4.92 Å². The summed E-state index contributed by atoms with van der Waals surface area (Å²) in [5, 5.41) is 14.2. The number of H-pyrrole nitrogens is 1. The molecule has 1 aromatic heterocycles. The van der Waals surface area contributed by atoms with Crippen LogP contribution in [-0.4, -0.2) is 9.91 Å². The van der Waals surface area contributed by atoms with E-state index in [1.54, 1.807) is 6.08 Å². The van der Waals surface area contributed by atoms with Gasteiger partial charge < -0.3 is 4.98 Å². The number of rotatable bonds is 4. The van der Waals surface area contributed by atoms with Gasteiger partial charge in [-0.25, -0.2) is 0 Å². The number of para-hydroxylation sites is 1. The zero-order chi connectivity index (χ0) is 17.2. The Morgan fingerprint density at radius 1 is 0.920 bits per heavy atom. The van der Waals surface area contributed by atoms with Crippen LogP contribution >= 0.6 is 0 Å². The molecule has 1 N–H and O–H groups in total. The first-order chi connectivity index (χ1) is 12.2. The minimum absolute atomic E-state index is 0.427. The highest BCUT2D eigenvalue weighted by Gasteiger charge is 2.12. The number of nitrogens with zero attached hydrogens (tertiary/aromatic N) is 1. The average molecular weight is 328 g/mol. The quantitative estimate of drug-likeness (QED) is 0.415. The van der Waals surface area contributed by atoms with Crippen LogP contribution in [0.15, 0.2) is 72.9 Å². The topological polar surface area (TPSA) is 58.9 Å². The number of hydrogen-bond acceptors (Lipinski definition) is 2. The Bertz CT molecular complexity index is 1100. The Labute approximate surface area is 144 Å². The molecule has 3 aromatic carbocycles. The van der Waals surface area contributed by atoms with Gasteiger partial charge in [-0.1, -0.05) is 60.7 Å². The molecule has 0 spiro atoms. The van der Waals surface area contributed by atoms with E-state index in [9.17, 15) is 10.1 Å². The number of aromatic nitrogens is 1. The summed E-state index contributed by atoms with van der Waals surface area (Å²) in [6, 6.07) is 22.4. The third kappa shape index (κ3) is 2.90. The van der Waals surface area contributed by atoms with Crippen LogP contribution in [-0.2, 0) is 6.42 Å². The van der Waals surface area contributed by atoms with E-state index in [-0.39, 0.29) is 0 Å². The van der Waals surface area contributed by atoms with Crippen molar-refractivity contribution in [3.8, 4) is 0 Å². The molecule has 0 unspecified atom stereocenters. The zero-order valence-corrected chi connectivity index (χ0v) is 13.5. The van der Waals surface area contributed by atoms with Crippen LogP contribution in [0.3, 0.4) is 0 Å². The molecule has 4 aromatic rings. The fourth-order valence-corrected chi connectivity index (χ4v) is 3.32. The lowest BCUT2D eigenvalue weighted by molar-refractivity contribution is -0.400. The highest BCUT2D eigenvalue weighted by atomic mass is 16.6. The Morgan fingerprint density at radius 2 is 1.64 bits per heavy atom. The summed E-state index contributed by atoms with van der Waals surface area (Å²) < 4.78 is 0. The number of nitrogens with one attached hydrogen (secondary N) is 1. The molecular formula is C21H16N2O2. The van der Waals surface area contributed by atoms with E-state index in [2.05, 4.69) is 29.2 Å². The number of aromatic amines is 1. The minimum Gasteiger partial charge on any atom is -0.358 e. The van der Waals surface area contributed by atoms with Crippen molar-refractivity contribution in [3.63, 3.8) is 0 Å². The van der Waals surface area contributed by atoms with E-state index in [1.807, 2.05) is 42.5 Å². The van der Waals surface area contributed by atoms with E-state index in [0.29, 0.717) is 6.42 Å². The predicted octanol–water partition coefficient (Wildman–Crippen LogP) is 5.16. The Balaban J connectivity index is 1.86.